The summed E-state index contributed by atoms with van der Waals surface area (Å²) in [5, 5.41) is 0. The van der Waals surface area contributed by atoms with Gasteiger partial charge in [-0.25, -0.2) is 4.39 Å². The fraction of sp³-hybridized carbons (Fsp3) is 0.125. The summed E-state index contributed by atoms with van der Waals surface area (Å²) in [6.45, 7) is 1.25. The van der Waals surface area contributed by atoms with Gasteiger partial charge in [0, 0.05) is 11.4 Å². The minimum Gasteiger partial charge on any atom is -0.399 e. The van der Waals surface area contributed by atoms with E-state index in [1.807, 2.05) is 0 Å². The highest BCUT2D eigenvalue weighted by Gasteiger charge is 2.11. The largest absolute Gasteiger partial charge is 0.399 e. The minimum absolute atomic E-state index is 0.0833. The second kappa shape index (κ2) is 2.81. The van der Waals surface area contributed by atoms with Crippen LogP contribution >= 0.6 is 0 Å². The number of hydrogen-bond acceptors (Lipinski definition) is 3. The van der Waals surface area contributed by atoms with Gasteiger partial charge in [0.1, 0.15) is 5.82 Å². The highest BCUT2D eigenvalue weighted by molar-refractivity contribution is 5.99. The maximum atomic E-state index is 13.0. The van der Waals surface area contributed by atoms with Crippen LogP contribution in [0.5, 0.6) is 0 Å². The van der Waals surface area contributed by atoms with E-state index in [1.54, 1.807) is 0 Å². The first-order valence-corrected chi connectivity index (χ1v) is 3.38. The zero-order chi connectivity index (χ0) is 9.30. The number of halogens is 1. The molecule has 1 aromatic rings. The predicted molar refractivity (Wildman–Crippen MR) is 45.2 cm³/mol. The lowest BCUT2D eigenvalue weighted by Crippen LogP contribution is -2.04. The Morgan fingerprint density at radius 3 is 2.42 bits per heavy atom. The van der Waals surface area contributed by atoms with E-state index in [4.69, 9.17) is 11.5 Å². The molecule has 0 saturated carbocycles. The van der Waals surface area contributed by atoms with Crippen LogP contribution in [0, 0.1) is 5.82 Å². The van der Waals surface area contributed by atoms with Crippen LogP contribution < -0.4 is 11.5 Å². The maximum Gasteiger partial charge on any atom is 0.164 e. The second-order valence-corrected chi connectivity index (χ2v) is 2.52. The Hall–Kier alpha value is -1.58. The minimum atomic E-state index is -0.667. The van der Waals surface area contributed by atoms with Crippen LogP contribution in [-0.4, -0.2) is 5.78 Å². The molecule has 4 heteroatoms. The topological polar surface area (TPSA) is 69.1 Å². The highest BCUT2D eigenvalue weighted by atomic mass is 19.1. The van der Waals surface area contributed by atoms with E-state index >= 15 is 0 Å². The van der Waals surface area contributed by atoms with Crippen molar-refractivity contribution < 1.29 is 9.18 Å². The van der Waals surface area contributed by atoms with Crippen LogP contribution in [0.4, 0.5) is 15.8 Å². The summed E-state index contributed by atoms with van der Waals surface area (Å²) in [4.78, 5) is 10.8. The fourth-order valence-electron chi connectivity index (χ4n) is 1.02. The van der Waals surface area contributed by atoms with Crippen molar-refractivity contribution in [2.75, 3.05) is 11.5 Å². The SMILES string of the molecule is CC(=O)c1c(N)cc(N)cc1F. The number of hydrogen-bond donors (Lipinski definition) is 2. The van der Waals surface area contributed by atoms with Crippen molar-refractivity contribution in [1.29, 1.82) is 0 Å². The first-order valence-electron chi connectivity index (χ1n) is 3.38. The third kappa shape index (κ3) is 1.37. The van der Waals surface area contributed by atoms with Gasteiger partial charge in [-0.1, -0.05) is 0 Å². The number of carbonyl (C=O) groups is 1. The first kappa shape index (κ1) is 8.52. The second-order valence-electron chi connectivity index (χ2n) is 2.52. The van der Waals surface area contributed by atoms with Crippen molar-refractivity contribution in [3.05, 3.63) is 23.5 Å². The molecule has 0 aromatic heterocycles. The quantitative estimate of drug-likeness (QED) is 0.489. The van der Waals surface area contributed by atoms with Crippen LogP contribution in [0.1, 0.15) is 17.3 Å². The van der Waals surface area contributed by atoms with Crippen LogP contribution in [0.2, 0.25) is 0 Å². The lowest BCUT2D eigenvalue weighted by Gasteiger charge is -2.03. The number of carbonyl (C=O) groups excluding carboxylic acids is 1. The maximum absolute atomic E-state index is 13.0. The van der Waals surface area contributed by atoms with Gasteiger partial charge in [0.2, 0.25) is 0 Å². The van der Waals surface area contributed by atoms with Crippen LogP contribution in [0.25, 0.3) is 0 Å². The fourth-order valence-corrected chi connectivity index (χ4v) is 1.02. The Morgan fingerprint density at radius 1 is 1.42 bits per heavy atom. The van der Waals surface area contributed by atoms with E-state index in [-0.39, 0.29) is 16.9 Å². The molecule has 3 nitrogen and oxygen atoms in total. The molecule has 0 unspecified atom stereocenters. The van der Waals surface area contributed by atoms with Gasteiger partial charge in [-0.15, -0.1) is 0 Å². The van der Waals surface area contributed by atoms with E-state index in [2.05, 4.69) is 0 Å². The lowest BCUT2D eigenvalue weighted by atomic mass is 10.1. The van der Waals surface area contributed by atoms with Crippen LogP contribution in [0.15, 0.2) is 12.1 Å². The molecular formula is C8H9FN2O. The smallest absolute Gasteiger partial charge is 0.164 e. The van der Waals surface area contributed by atoms with Gasteiger partial charge in [0.15, 0.2) is 5.78 Å². The molecule has 1 aromatic carbocycles. The summed E-state index contributed by atoms with van der Waals surface area (Å²) >= 11 is 0. The van der Waals surface area contributed by atoms with Gasteiger partial charge >= 0.3 is 0 Å². The van der Waals surface area contributed by atoms with Crippen molar-refractivity contribution in [2.45, 2.75) is 6.92 Å². The number of nitrogens with two attached hydrogens (primary N) is 2. The zero-order valence-electron chi connectivity index (χ0n) is 6.60. The van der Waals surface area contributed by atoms with Crippen molar-refractivity contribution in [3.63, 3.8) is 0 Å². The summed E-state index contributed by atoms with van der Waals surface area (Å²) in [5.41, 5.74) is 10.9. The molecule has 0 aliphatic carbocycles. The van der Waals surface area contributed by atoms with Gasteiger partial charge in [-0.2, -0.15) is 0 Å². The predicted octanol–water partition coefficient (Wildman–Crippen LogP) is 1.19. The molecule has 0 atom stereocenters. The van der Waals surface area contributed by atoms with E-state index in [0.717, 1.165) is 6.07 Å². The Balaban J connectivity index is 3.38. The number of rotatable bonds is 1. The third-order valence-corrected chi connectivity index (χ3v) is 1.50. The normalized spacial score (nSPS) is 9.83. The van der Waals surface area contributed by atoms with Crippen molar-refractivity contribution in [3.8, 4) is 0 Å². The van der Waals surface area contributed by atoms with Gasteiger partial charge in [0.25, 0.3) is 0 Å². The number of benzene rings is 1. The Morgan fingerprint density at radius 2 is 2.00 bits per heavy atom. The summed E-state index contributed by atoms with van der Waals surface area (Å²) in [6, 6.07) is 2.44. The zero-order valence-corrected chi connectivity index (χ0v) is 6.60. The molecule has 0 heterocycles. The molecule has 0 radical (unpaired) electrons. The Bertz CT molecular complexity index is 313. The monoisotopic (exact) mass is 168 g/mol. The van der Waals surface area contributed by atoms with Crippen molar-refractivity contribution in [1.82, 2.24) is 0 Å². The average molecular weight is 168 g/mol. The summed E-state index contributed by atoms with van der Waals surface area (Å²) in [5.74, 6) is -1.06. The average Bonchev–Trinajstić information content (AvgIpc) is 1.82. The molecule has 4 N–H and O–H groups in total. The van der Waals surface area contributed by atoms with Crippen molar-refractivity contribution in [2.24, 2.45) is 0 Å². The molecule has 0 saturated heterocycles. The molecule has 0 fully saturated rings. The number of anilines is 2. The third-order valence-electron chi connectivity index (χ3n) is 1.50. The van der Waals surface area contributed by atoms with E-state index < -0.39 is 11.6 Å². The number of ketones is 1. The number of nitrogen functional groups attached to an aromatic ring is 2. The number of Topliss-reactive ketones (excluding diaryl/α,β-unsaturated/α-hetero) is 1. The molecule has 12 heavy (non-hydrogen) atoms. The Labute approximate surface area is 69.2 Å². The van der Waals surface area contributed by atoms with E-state index in [1.165, 1.54) is 13.0 Å². The van der Waals surface area contributed by atoms with Gasteiger partial charge < -0.3 is 11.5 Å². The lowest BCUT2D eigenvalue weighted by molar-refractivity contribution is 0.101. The highest BCUT2D eigenvalue weighted by Crippen LogP contribution is 2.20. The molecule has 0 aliphatic heterocycles. The molecule has 0 aliphatic rings. The van der Waals surface area contributed by atoms with E-state index in [9.17, 15) is 9.18 Å². The molecule has 0 bridgehead atoms. The van der Waals surface area contributed by atoms with Crippen LogP contribution in [-0.2, 0) is 0 Å². The summed E-state index contributed by atoms with van der Waals surface area (Å²) in [6.07, 6.45) is 0. The standard InChI is InChI=1S/C8H9FN2O/c1-4(12)8-6(9)2-5(10)3-7(8)11/h2-3H,10-11H2,1H3. The molecule has 1 rings (SSSR count). The van der Waals surface area contributed by atoms with Gasteiger partial charge in [-0.05, 0) is 19.1 Å². The van der Waals surface area contributed by atoms with Gasteiger partial charge in [0.05, 0.1) is 5.56 Å². The Kier molecular flexibility index (Phi) is 1.99. The van der Waals surface area contributed by atoms with E-state index in [0.29, 0.717) is 0 Å². The molecule has 0 spiro atoms. The molecule has 0 amide bonds. The summed E-state index contributed by atoms with van der Waals surface area (Å²) in [7, 11) is 0. The molecular weight excluding hydrogens is 159 g/mol. The van der Waals surface area contributed by atoms with Crippen molar-refractivity contribution >= 4 is 17.2 Å². The van der Waals surface area contributed by atoms with Crippen LogP contribution in [0.3, 0.4) is 0 Å². The summed E-state index contributed by atoms with van der Waals surface area (Å²) < 4.78 is 13.0. The molecule has 64 valence electrons. The first-order chi connectivity index (χ1) is 5.52. The van der Waals surface area contributed by atoms with Gasteiger partial charge in [-0.3, -0.25) is 4.79 Å².